The Bertz CT molecular complexity index is 1200. The van der Waals surface area contributed by atoms with E-state index in [1.54, 1.807) is 29.2 Å². The van der Waals surface area contributed by atoms with Gasteiger partial charge in [0.1, 0.15) is 9.53 Å². The van der Waals surface area contributed by atoms with Crippen molar-refractivity contribution >= 4 is 54.7 Å². The summed E-state index contributed by atoms with van der Waals surface area (Å²) in [4.78, 5) is 24.7. The molecule has 8 heteroatoms. The van der Waals surface area contributed by atoms with Crippen LogP contribution in [0.5, 0.6) is 0 Å². The molecular weight excluding hydrogens is 370 g/mol. The molecule has 0 atom stereocenters. The van der Waals surface area contributed by atoms with Gasteiger partial charge in [-0.25, -0.2) is 9.97 Å². The zero-order valence-electron chi connectivity index (χ0n) is 14.2. The first-order valence-electron chi connectivity index (χ1n) is 7.93. The Morgan fingerprint density at radius 2 is 2.08 bits per heavy atom. The fourth-order valence-electron chi connectivity index (χ4n) is 2.94. The topological polar surface area (TPSA) is 77.0 Å². The molecule has 4 rings (SSSR count). The van der Waals surface area contributed by atoms with Gasteiger partial charge in [0.05, 0.1) is 40.2 Å². The van der Waals surface area contributed by atoms with Crippen LogP contribution in [0.25, 0.3) is 20.4 Å². The molecule has 1 aromatic carbocycles. The van der Waals surface area contributed by atoms with Crippen molar-refractivity contribution in [3.63, 3.8) is 0 Å². The highest BCUT2D eigenvalue weighted by atomic mass is 35.5. The Balaban J connectivity index is 1.87. The van der Waals surface area contributed by atoms with Gasteiger partial charge in [-0.05, 0) is 23.8 Å². The summed E-state index contributed by atoms with van der Waals surface area (Å²) in [6.45, 7) is 0.380. The summed E-state index contributed by atoms with van der Waals surface area (Å²) in [6, 6.07) is 7.29. The molecule has 0 amide bonds. The molecule has 0 spiro atoms. The van der Waals surface area contributed by atoms with E-state index in [9.17, 15) is 4.79 Å². The number of fused-ring (bicyclic) bond motifs is 3. The zero-order chi connectivity index (χ0) is 18.4. The predicted octanol–water partition coefficient (Wildman–Crippen LogP) is 3.36. The first kappa shape index (κ1) is 16.8. The van der Waals surface area contributed by atoms with Crippen molar-refractivity contribution in [2.75, 3.05) is 24.7 Å². The maximum absolute atomic E-state index is 13.0. The monoisotopic (exact) mass is 385 g/mol. The van der Waals surface area contributed by atoms with Gasteiger partial charge in [0.15, 0.2) is 0 Å². The average molecular weight is 386 g/mol. The Morgan fingerprint density at radius 1 is 1.27 bits per heavy atom. The highest BCUT2D eigenvalue weighted by Crippen LogP contribution is 2.35. The van der Waals surface area contributed by atoms with E-state index in [1.807, 2.05) is 31.1 Å². The molecule has 0 unspecified atom stereocenters. The molecule has 0 aliphatic rings. The molecule has 26 heavy (non-hydrogen) atoms. The summed E-state index contributed by atoms with van der Waals surface area (Å²) < 4.78 is 2.18. The second-order valence-corrected chi connectivity index (χ2v) is 7.62. The van der Waals surface area contributed by atoms with Crippen molar-refractivity contribution in [3.8, 4) is 0 Å². The van der Waals surface area contributed by atoms with Gasteiger partial charge in [-0.15, -0.1) is 11.3 Å². The number of thiophene rings is 1. The number of rotatable bonds is 3. The summed E-state index contributed by atoms with van der Waals surface area (Å²) in [5, 5.41) is 1.42. The Hall–Kier alpha value is -2.64. The number of aromatic nitrogens is 3. The van der Waals surface area contributed by atoms with Crippen LogP contribution in [0.1, 0.15) is 5.56 Å². The molecule has 0 aliphatic carbocycles. The number of benzene rings is 1. The minimum Gasteiger partial charge on any atom is -0.398 e. The number of pyridine rings is 1. The quantitative estimate of drug-likeness (QED) is 0.547. The number of nitrogens with zero attached hydrogens (tertiary/aromatic N) is 4. The van der Waals surface area contributed by atoms with Crippen LogP contribution >= 0.6 is 22.9 Å². The van der Waals surface area contributed by atoms with Crippen molar-refractivity contribution in [1.29, 1.82) is 0 Å². The molecule has 3 aromatic heterocycles. The molecule has 0 radical (unpaired) electrons. The maximum Gasteiger partial charge on any atom is 0.271 e. The van der Waals surface area contributed by atoms with E-state index in [4.69, 9.17) is 17.3 Å². The van der Waals surface area contributed by atoms with Crippen LogP contribution in [0.15, 0.2) is 41.6 Å². The van der Waals surface area contributed by atoms with E-state index in [1.165, 1.54) is 11.3 Å². The highest BCUT2D eigenvalue weighted by molar-refractivity contribution is 7.25. The van der Waals surface area contributed by atoms with Gasteiger partial charge in [0, 0.05) is 20.3 Å². The molecule has 2 N–H and O–H groups in total. The molecule has 6 nitrogen and oxygen atoms in total. The summed E-state index contributed by atoms with van der Waals surface area (Å²) in [6.07, 6.45) is 3.33. The molecule has 3 heterocycles. The van der Waals surface area contributed by atoms with E-state index < -0.39 is 0 Å². The molecule has 0 saturated heterocycles. The second-order valence-electron chi connectivity index (χ2n) is 6.22. The van der Waals surface area contributed by atoms with Crippen LogP contribution in [0, 0.1) is 0 Å². The molecule has 132 valence electrons. The second kappa shape index (κ2) is 6.26. The van der Waals surface area contributed by atoms with E-state index >= 15 is 0 Å². The van der Waals surface area contributed by atoms with Crippen LogP contribution in [-0.4, -0.2) is 28.6 Å². The van der Waals surface area contributed by atoms with Crippen molar-refractivity contribution in [2.45, 2.75) is 6.54 Å². The predicted molar refractivity (Wildman–Crippen MR) is 108 cm³/mol. The van der Waals surface area contributed by atoms with Gasteiger partial charge in [-0.1, -0.05) is 17.7 Å². The minimum absolute atomic E-state index is 0.0868. The van der Waals surface area contributed by atoms with Gasteiger partial charge in [0.2, 0.25) is 0 Å². The lowest BCUT2D eigenvalue weighted by Crippen LogP contribution is -2.20. The van der Waals surface area contributed by atoms with Gasteiger partial charge >= 0.3 is 0 Å². The minimum atomic E-state index is -0.0868. The first-order chi connectivity index (χ1) is 12.5. The number of hydrogen-bond donors (Lipinski definition) is 1. The number of hydrogen-bond acceptors (Lipinski definition) is 6. The number of nitrogens with two attached hydrogens (primary N) is 1. The first-order valence-corrected chi connectivity index (χ1v) is 9.13. The Morgan fingerprint density at radius 3 is 2.81 bits per heavy atom. The maximum atomic E-state index is 13.0. The third-order valence-corrected chi connectivity index (χ3v) is 5.64. The molecule has 0 saturated carbocycles. The molecule has 0 fully saturated rings. The zero-order valence-corrected chi connectivity index (χ0v) is 15.8. The van der Waals surface area contributed by atoms with E-state index in [0.29, 0.717) is 27.5 Å². The van der Waals surface area contributed by atoms with Crippen LogP contribution in [0.2, 0.25) is 5.02 Å². The molecule has 4 aromatic rings. The fourth-order valence-corrected chi connectivity index (χ4v) is 4.13. The normalized spacial score (nSPS) is 11.3. The van der Waals surface area contributed by atoms with Crippen LogP contribution in [0.4, 0.5) is 11.4 Å². The summed E-state index contributed by atoms with van der Waals surface area (Å²) in [5.41, 5.74) is 8.84. The largest absolute Gasteiger partial charge is 0.398 e. The number of nitrogen functional groups attached to an aromatic ring is 1. The lowest BCUT2D eigenvalue weighted by atomic mass is 10.2. The summed E-state index contributed by atoms with van der Waals surface area (Å²) in [5.74, 6) is 0. The van der Waals surface area contributed by atoms with E-state index in [2.05, 4.69) is 9.97 Å². The average Bonchev–Trinajstić information content (AvgIpc) is 3.00. The summed E-state index contributed by atoms with van der Waals surface area (Å²) in [7, 11) is 3.93. The van der Waals surface area contributed by atoms with Gasteiger partial charge < -0.3 is 10.6 Å². The standard InChI is InChI=1S/C18H16ClN5OS/c1-23(2)13-5-6-21-17-14(13)15-16(26-17)18(25)24(9-22-15)8-10-3-4-11(19)12(20)7-10/h3-7,9H,8,20H2,1-2H3. The van der Waals surface area contributed by atoms with Crippen molar-refractivity contribution in [2.24, 2.45) is 0 Å². The summed E-state index contributed by atoms with van der Waals surface area (Å²) >= 11 is 7.33. The smallest absolute Gasteiger partial charge is 0.271 e. The van der Waals surface area contributed by atoms with Crippen LogP contribution in [-0.2, 0) is 6.54 Å². The lowest BCUT2D eigenvalue weighted by molar-refractivity contribution is 0.750. The van der Waals surface area contributed by atoms with Crippen LogP contribution in [0.3, 0.4) is 0 Å². The third kappa shape index (κ3) is 2.69. The highest BCUT2D eigenvalue weighted by Gasteiger charge is 2.16. The Kier molecular flexibility index (Phi) is 4.05. The third-order valence-electron chi connectivity index (χ3n) is 4.22. The van der Waals surface area contributed by atoms with E-state index in [0.717, 1.165) is 21.5 Å². The number of halogens is 1. The van der Waals surface area contributed by atoms with Gasteiger partial charge in [-0.3, -0.25) is 9.36 Å². The van der Waals surface area contributed by atoms with Crippen molar-refractivity contribution < 1.29 is 0 Å². The molecule has 0 bridgehead atoms. The Labute approximate surface area is 158 Å². The van der Waals surface area contributed by atoms with Crippen molar-refractivity contribution in [3.05, 3.63) is 57.7 Å². The SMILES string of the molecule is CN(C)c1ccnc2sc3c(=O)n(Cc4ccc(Cl)c(N)c4)cnc3c12. The lowest BCUT2D eigenvalue weighted by Gasteiger charge is -2.13. The van der Waals surface area contributed by atoms with Crippen LogP contribution < -0.4 is 16.2 Å². The van der Waals surface area contributed by atoms with Crippen molar-refractivity contribution in [1.82, 2.24) is 14.5 Å². The van der Waals surface area contributed by atoms with Gasteiger partial charge in [-0.2, -0.15) is 0 Å². The van der Waals surface area contributed by atoms with E-state index in [-0.39, 0.29) is 5.56 Å². The fraction of sp³-hybridized carbons (Fsp3) is 0.167. The van der Waals surface area contributed by atoms with Gasteiger partial charge in [0.25, 0.3) is 5.56 Å². The molecule has 0 aliphatic heterocycles. The number of anilines is 2. The molecular formula is C18H16ClN5OS.